The van der Waals surface area contributed by atoms with Gasteiger partial charge in [-0.25, -0.2) is 0 Å². The van der Waals surface area contributed by atoms with E-state index in [9.17, 15) is 5.11 Å². The highest BCUT2D eigenvalue weighted by atomic mass is 16.3. The second-order valence-corrected chi connectivity index (χ2v) is 5.14. The highest BCUT2D eigenvalue weighted by Crippen LogP contribution is 2.41. The van der Waals surface area contributed by atoms with Gasteiger partial charge < -0.3 is 10.4 Å². The molecule has 0 saturated heterocycles. The van der Waals surface area contributed by atoms with E-state index in [1.165, 1.54) is 0 Å². The van der Waals surface area contributed by atoms with Crippen molar-refractivity contribution < 1.29 is 5.11 Å². The number of aliphatic hydroxyl groups is 1. The van der Waals surface area contributed by atoms with Crippen LogP contribution in [0.5, 0.6) is 0 Å². The number of rotatable bonds is 3. The van der Waals surface area contributed by atoms with Crippen LogP contribution in [0.1, 0.15) is 38.9 Å². The van der Waals surface area contributed by atoms with E-state index in [0.29, 0.717) is 6.04 Å². The Hall–Kier alpha value is -1.00. The summed E-state index contributed by atoms with van der Waals surface area (Å²) in [7, 11) is 0. The van der Waals surface area contributed by atoms with Crippen molar-refractivity contribution in [3.63, 3.8) is 0 Å². The normalized spacial score (nSPS) is 29.5. The Morgan fingerprint density at radius 3 is 2.75 bits per heavy atom. The summed E-state index contributed by atoms with van der Waals surface area (Å²) in [5.41, 5.74) is 0.899. The van der Waals surface area contributed by atoms with Crippen LogP contribution >= 0.6 is 0 Å². The van der Waals surface area contributed by atoms with Gasteiger partial charge in [0.05, 0.1) is 11.8 Å². The zero-order valence-electron chi connectivity index (χ0n) is 10.0. The summed E-state index contributed by atoms with van der Waals surface area (Å²) in [5, 5.41) is 13.2. The van der Waals surface area contributed by atoms with Gasteiger partial charge in [0.25, 0.3) is 0 Å². The fourth-order valence-corrected chi connectivity index (χ4v) is 2.11. The first-order valence-corrected chi connectivity index (χ1v) is 5.72. The molecule has 0 radical (unpaired) electrons. The molecule has 0 spiro atoms. The number of hydrogen-bond acceptors (Lipinski definition) is 4. The zero-order chi connectivity index (χ0) is 11.8. The molecule has 3 unspecified atom stereocenters. The number of hydrogen-bond donors (Lipinski definition) is 2. The molecule has 1 aromatic heterocycles. The second-order valence-electron chi connectivity index (χ2n) is 5.14. The predicted octanol–water partition coefficient (Wildman–Crippen LogP) is 1.29. The number of aromatic nitrogens is 2. The molecule has 4 nitrogen and oxygen atoms in total. The van der Waals surface area contributed by atoms with Crippen molar-refractivity contribution in [2.45, 2.75) is 45.4 Å². The fourth-order valence-electron chi connectivity index (χ4n) is 2.11. The molecule has 2 N–H and O–H groups in total. The predicted molar refractivity (Wildman–Crippen MR) is 61.8 cm³/mol. The number of nitrogens with one attached hydrogen (secondary N) is 1. The largest absolute Gasteiger partial charge is 0.392 e. The van der Waals surface area contributed by atoms with Crippen molar-refractivity contribution >= 4 is 0 Å². The molecule has 1 fully saturated rings. The van der Waals surface area contributed by atoms with Crippen molar-refractivity contribution in [1.29, 1.82) is 0 Å². The van der Waals surface area contributed by atoms with Gasteiger partial charge in [-0.05, 0) is 13.3 Å². The molecular weight excluding hydrogens is 202 g/mol. The van der Waals surface area contributed by atoms with E-state index in [4.69, 9.17) is 0 Å². The lowest BCUT2D eigenvalue weighted by Gasteiger charge is -2.50. The molecule has 3 atom stereocenters. The van der Waals surface area contributed by atoms with Crippen LogP contribution in [0.15, 0.2) is 18.6 Å². The van der Waals surface area contributed by atoms with Gasteiger partial charge in [-0.3, -0.25) is 9.97 Å². The van der Waals surface area contributed by atoms with Crippen LogP contribution < -0.4 is 5.32 Å². The van der Waals surface area contributed by atoms with Crippen LogP contribution in [0.4, 0.5) is 0 Å². The molecule has 88 valence electrons. The Balaban J connectivity index is 1.97. The third kappa shape index (κ3) is 1.95. The molecule has 2 rings (SSSR count). The average Bonchev–Trinajstić information content (AvgIpc) is 2.29. The topological polar surface area (TPSA) is 58.0 Å². The molecule has 16 heavy (non-hydrogen) atoms. The van der Waals surface area contributed by atoms with Gasteiger partial charge in [0.15, 0.2) is 0 Å². The van der Waals surface area contributed by atoms with Gasteiger partial charge in [-0.15, -0.1) is 0 Å². The van der Waals surface area contributed by atoms with Crippen molar-refractivity contribution in [3.05, 3.63) is 24.3 Å². The van der Waals surface area contributed by atoms with Gasteiger partial charge >= 0.3 is 0 Å². The first-order chi connectivity index (χ1) is 7.51. The Morgan fingerprint density at radius 1 is 1.50 bits per heavy atom. The standard InChI is InChI=1S/C12H19N3O/c1-8(9-7-13-4-5-14-9)15-10-6-11(16)12(10,2)3/h4-5,7-8,10-11,15-16H,6H2,1-3H3. The van der Waals surface area contributed by atoms with Crippen molar-refractivity contribution in [2.75, 3.05) is 0 Å². The molecule has 4 heteroatoms. The van der Waals surface area contributed by atoms with E-state index in [0.717, 1.165) is 12.1 Å². The van der Waals surface area contributed by atoms with Crippen LogP contribution in [0.2, 0.25) is 0 Å². The smallest absolute Gasteiger partial charge is 0.0753 e. The summed E-state index contributed by atoms with van der Waals surface area (Å²) in [6, 6.07) is 0.519. The van der Waals surface area contributed by atoms with Gasteiger partial charge in [-0.2, -0.15) is 0 Å². The molecule has 1 aromatic rings. The summed E-state index contributed by atoms with van der Waals surface area (Å²) < 4.78 is 0. The van der Waals surface area contributed by atoms with Crippen LogP contribution in [0.25, 0.3) is 0 Å². The minimum atomic E-state index is -0.195. The molecule has 1 aliphatic rings. The van der Waals surface area contributed by atoms with Crippen molar-refractivity contribution in [1.82, 2.24) is 15.3 Å². The molecule has 0 aliphatic heterocycles. The van der Waals surface area contributed by atoms with E-state index < -0.39 is 0 Å². The average molecular weight is 221 g/mol. The summed E-state index contributed by atoms with van der Waals surface area (Å²) >= 11 is 0. The monoisotopic (exact) mass is 221 g/mol. The number of aliphatic hydroxyl groups excluding tert-OH is 1. The highest BCUT2D eigenvalue weighted by molar-refractivity contribution is 5.07. The second kappa shape index (κ2) is 4.11. The van der Waals surface area contributed by atoms with Crippen LogP contribution in [-0.2, 0) is 0 Å². The van der Waals surface area contributed by atoms with Crippen LogP contribution in [0.3, 0.4) is 0 Å². The minimum Gasteiger partial charge on any atom is -0.392 e. The van der Waals surface area contributed by atoms with Gasteiger partial charge in [0.1, 0.15) is 0 Å². The zero-order valence-corrected chi connectivity index (χ0v) is 10.0. The summed E-state index contributed by atoms with van der Waals surface area (Å²) in [6.45, 7) is 6.25. The lowest BCUT2D eigenvalue weighted by Crippen LogP contribution is -2.60. The Bertz CT molecular complexity index is 353. The fraction of sp³-hybridized carbons (Fsp3) is 0.667. The van der Waals surface area contributed by atoms with Gasteiger partial charge in [0.2, 0.25) is 0 Å². The first-order valence-electron chi connectivity index (χ1n) is 5.72. The Morgan fingerprint density at radius 2 is 2.25 bits per heavy atom. The summed E-state index contributed by atoms with van der Waals surface area (Å²) in [5.74, 6) is 0. The van der Waals surface area contributed by atoms with E-state index in [-0.39, 0.29) is 17.6 Å². The molecule has 1 heterocycles. The maximum Gasteiger partial charge on any atom is 0.0753 e. The Labute approximate surface area is 96.1 Å². The molecule has 1 aliphatic carbocycles. The van der Waals surface area contributed by atoms with Crippen molar-refractivity contribution in [2.24, 2.45) is 5.41 Å². The van der Waals surface area contributed by atoms with Crippen LogP contribution in [-0.4, -0.2) is 27.2 Å². The molecule has 0 amide bonds. The SMILES string of the molecule is CC(NC1CC(O)C1(C)C)c1cnccn1. The first kappa shape index (κ1) is 11.5. The molecule has 0 aromatic carbocycles. The van der Waals surface area contributed by atoms with E-state index in [1.54, 1.807) is 18.6 Å². The Kier molecular flexibility index (Phi) is 2.95. The maximum atomic E-state index is 9.66. The quantitative estimate of drug-likeness (QED) is 0.807. The third-order valence-corrected chi connectivity index (χ3v) is 3.69. The number of nitrogens with zero attached hydrogens (tertiary/aromatic N) is 2. The summed E-state index contributed by atoms with van der Waals surface area (Å²) in [4.78, 5) is 8.33. The molecule has 0 bridgehead atoms. The third-order valence-electron chi connectivity index (χ3n) is 3.69. The van der Waals surface area contributed by atoms with Gasteiger partial charge in [-0.1, -0.05) is 13.8 Å². The highest BCUT2D eigenvalue weighted by Gasteiger charge is 2.47. The minimum absolute atomic E-state index is 0.0452. The lowest BCUT2D eigenvalue weighted by atomic mass is 9.64. The molecular formula is C12H19N3O. The van der Waals surface area contributed by atoms with E-state index in [2.05, 4.69) is 36.1 Å². The lowest BCUT2D eigenvalue weighted by molar-refractivity contribution is -0.0756. The van der Waals surface area contributed by atoms with E-state index >= 15 is 0 Å². The molecule has 1 saturated carbocycles. The van der Waals surface area contributed by atoms with Crippen LogP contribution in [0, 0.1) is 5.41 Å². The van der Waals surface area contributed by atoms with Crippen molar-refractivity contribution in [3.8, 4) is 0 Å². The van der Waals surface area contributed by atoms with Gasteiger partial charge in [0, 0.05) is 36.1 Å². The maximum absolute atomic E-state index is 9.66. The van der Waals surface area contributed by atoms with E-state index in [1.807, 2.05) is 0 Å². The summed E-state index contributed by atoms with van der Waals surface area (Å²) in [6.07, 6.45) is 5.78.